The van der Waals surface area contributed by atoms with Crippen molar-refractivity contribution in [3.05, 3.63) is 106 Å². The predicted molar refractivity (Wildman–Crippen MR) is 126 cm³/mol. The van der Waals surface area contributed by atoms with Crippen molar-refractivity contribution < 1.29 is 23.9 Å². The molecule has 3 aromatic carbocycles. The molecule has 1 N–H and O–H groups in total. The van der Waals surface area contributed by atoms with Gasteiger partial charge in [0.1, 0.15) is 0 Å². The average molecular weight is 477 g/mol. The van der Waals surface area contributed by atoms with Gasteiger partial charge in [-0.25, -0.2) is 4.79 Å². The second-order valence-electron chi connectivity index (χ2n) is 7.74. The van der Waals surface area contributed by atoms with Gasteiger partial charge in [0.15, 0.2) is 6.61 Å². The summed E-state index contributed by atoms with van der Waals surface area (Å²) in [6.45, 7) is 0.0669. The Hall–Kier alpha value is -3.97. The van der Waals surface area contributed by atoms with E-state index in [9.17, 15) is 19.2 Å². The quantitative estimate of drug-likeness (QED) is 0.395. The molecular formula is C26H21ClN2O5. The molecule has 0 aromatic heterocycles. The molecule has 8 heteroatoms. The third-order valence-corrected chi connectivity index (χ3v) is 5.63. The highest BCUT2D eigenvalue weighted by Crippen LogP contribution is 2.26. The van der Waals surface area contributed by atoms with Crippen LogP contribution in [-0.4, -0.2) is 41.7 Å². The number of hydrogen-bond acceptors (Lipinski definition) is 5. The maximum Gasteiger partial charge on any atom is 0.338 e. The number of nitrogens with one attached hydrogen (secondary N) is 1. The number of imide groups is 1. The van der Waals surface area contributed by atoms with Crippen LogP contribution >= 0.6 is 11.6 Å². The van der Waals surface area contributed by atoms with Crippen molar-refractivity contribution in [2.24, 2.45) is 0 Å². The van der Waals surface area contributed by atoms with Crippen LogP contribution in [0.2, 0.25) is 5.02 Å². The van der Waals surface area contributed by atoms with Gasteiger partial charge in [-0.1, -0.05) is 54.1 Å². The number of nitrogens with zero attached hydrogens (tertiary/aromatic N) is 1. The smallest absolute Gasteiger partial charge is 0.338 e. The van der Waals surface area contributed by atoms with E-state index >= 15 is 0 Å². The molecule has 0 atom stereocenters. The zero-order valence-corrected chi connectivity index (χ0v) is 18.9. The van der Waals surface area contributed by atoms with Gasteiger partial charge in [-0.3, -0.25) is 19.3 Å². The summed E-state index contributed by atoms with van der Waals surface area (Å²) in [6, 6.07) is 20.6. The highest BCUT2D eigenvalue weighted by molar-refractivity contribution is 6.30. The van der Waals surface area contributed by atoms with Gasteiger partial charge in [0.2, 0.25) is 0 Å². The second-order valence-corrected chi connectivity index (χ2v) is 8.18. The van der Waals surface area contributed by atoms with Gasteiger partial charge in [0.25, 0.3) is 17.7 Å². The Balaban J connectivity index is 1.31. The average Bonchev–Trinajstić information content (AvgIpc) is 3.08. The summed E-state index contributed by atoms with van der Waals surface area (Å²) in [5, 5.41) is 3.32. The van der Waals surface area contributed by atoms with Gasteiger partial charge >= 0.3 is 5.97 Å². The first-order chi connectivity index (χ1) is 16.4. The van der Waals surface area contributed by atoms with Gasteiger partial charge in [-0.2, -0.15) is 0 Å². The molecule has 1 aliphatic heterocycles. The summed E-state index contributed by atoms with van der Waals surface area (Å²) in [7, 11) is 0. The van der Waals surface area contributed by atoms with Crippen molar-refractivity contribution >= 4 is 35.3 Å². The minimum atomic E-state index is -0.752. The molecule has 0 bridgehead atoms. The molecule has 7 nitrogen and oxygen atoms in total. The number of amides is 3. The fraction of sp³-hybridized carbons (Fsp3) is 0.154. The summed E-state index contributed by atoms with van der Waals surface area (Å²) in [5.41, 5.74) is 2.30. The minimum Gasteiger partial charge on any atom is -0.452 e. The van der Waals surface area contributed by atoms with E-state index in [2.05, 4.69) is 5.32 Å². The van der Waals surface area contributed by atoms with Crippen molar-refractivity contribution in [2.75, 3.05) is 13.2 Å². The van der Waals surface area contributed by atoms with E-state index in [0.717, 1.165) is 16.0 Å². The van der Waals surface area contributed by atoms with Crippen molar-refractivity contribution in [2.45, 2.75) is 13.0 Å². The monoisotopic (exact) mass is 476 g/mol. The van der Waals surface area contributed by atoms with Crippen LogP contribution in [0.4, 0.5) is 0 Å². The SMILES string of the molecule is O=C(COC(=O)c1ccc2c(c1)C(=O)N(Cc1ccccc1)C2=O)NCCc1ccc(Cl)cc1. The highest BCUT2D eigenvalue weighted by atomic mass is 35.5. The van der Waals surface area contributed by atoms with Gasteiger partial charge in [0.05, 0.1) is 23.2 Å². The van der Waals surface area contributed by atoms with Crippen LogP contribution in [0.5, 0.6) is 0 Å². The number of hydrogen-bond donors (Lipinski definition) is 1. The van der Waals surface area contributed by atoms with E-state index in [-0.39, 0.29) is 23.2 Å². The van der Waals surface area contributed by atoms with Gasteiger partial charge < -0.3 is 10.1 Å². The number of rotatable bonds is 8. The number of halogens is 1. The summed E-state index contributed by atoms with van der Waals surface area (Å²) in [4.78, 5) is 51.0. The maximum atomic E-state index is 12.8. The zero-order valence-electron chi connectivity index (χ0n) is 18.1. The first-order valence-corrected chi connectivity index (χ1v) is 11.0. The molecule has 34 heavy (non-hydrogen) atoms. The van der Waals surface area contributed by atoms with Crippen LogP contribution in [0.15, 0.2) is 72.8 Å². The predicted octanol–water partition coefficient (Wildman–Crippen LogP) is 3.65. The molecule has 0 aliphatic carbocycles. The lowest BCUT2D eigenvalue weighted by Crippen LogP contribution is -2.30. The van der Waals surface area contributed by atoms with E-state index in [4.69, 9.17) is 16.3 Å². The van der Waals surface area contributed by atoms with Crippen LogP contribution in [-0.2, 0) is 22.5 Å². The lowest BCUT2D eigenvalue weighted by Gasteiger charge is -2.13. The molecular weight excluding hydrogens is 456 g/mol. The van der Waals surface area contributed by atoms with Gasteiger partial charge in [0, 0.05) is 11.6 Å². The van der Waals surface area contributed by atoms with Crippen LogP contribution in [0, 0.1) is 0 Å². The van der Waals surface area contributed by atoms with Gasteiger partial charge in [-0.05, 0) is 47.9 Å². The van der Waals surface area contributed by atoms with Crippen LogP contribution < -0.4 is 5.32 Å². The van der Waals surface area contributed by atoms with Crippen LogP contribution in [0.1, 0.15) is 42.2 Å². The normalized spacial score (nSPS) is 12.4. The molecule has 0 radical (unpaired) electrons. The highest BCUT2D eigenvalue weighted by Gasteiger charge is 2.36. The molecule has 4 rings (SSSR count). The summed E-state index contributed by atoms with van der Waals surface area (Å²) < 4.78 is 5.07. The molecule has 0 fully saturated rings. The summed E-state index contributed by atoms with van der Waals surface area (Å²) >= 11 is 5.85. The Morgan fingerprint density at radius 3 is 2.29 bits per heavy atom. The topological polar surface area (TPSA) is 92.8 Å². The third-order valence-electron chi connectivity index (χ3n) is 5.37. The minimum absolute atomic E-state index is 0.0930. The lowest BCUT2D eigenvalue weighted by molar-refractivity contribution is -0.124. The standard InChI is InChI=1S/C26H21ClN2O5/c27-20-9-6-17(7-10-20)12-13-28-23(30)16-34-26(33)19-8-11-21-22(14-19)25(32)29(24(21)31)15-18-4-2-1-3-5-18/h1-11,14H,12-13,15-16H2,(H,28,30). The Labute approximate surface area is 201 Å². The zero-order chi connectivity index (χ0) is 24.1. The second kappa shape index (κ2) is 10.3. The van der Waals surface area contributed by atoms with Crippen LogP contribution in [0.3, 0.4) is 0 Å². The van der Waals surface area contributed by atoms with Crippen molar-refractivity contribution in [3.63, 3.8) is 0 Å². The molecule has 172 valence electrons. The number of fused-ring (bicyclic) bond motifs is 1. The maximum absolute atomic E-state index is 12.8. The first-order valence-electron chi connectivity index (χ1n) is 10.6. The molecule has 0 unspecified atom stereocenters. The van der Waals surface area contributed by atoms with E-state index in [1.807, 2.05) is 42.5 Å². The molecule has 0 saturated heterocycles. The number of carbonyl (C=O) groups is 4. The Bertz CT molecular complexity index is 1240. The number of benzene rings is 3. The van der Waals surface area contributed by atoms with Crippen molar-refractivity contribution in [1.29, 1.82) is 0 Å². The van der Waals surface area contributed by atoms with Gasteiger partial charge in [-0.15, -0.1) is 0 Å². The van der Waals surface area contributed by atoms with E-state index in [1.54, 1.807) is 12.1 Å². The summed E-state index contributed by atoms with van der Waals surface area (Å²) in [6.07, 6.45) is 0.608. The summed E-state index contributed by atoms with van der Waals surface area (Å²) in [5.74, 6) is -2.08. The van der Waals surface area contributed by atoms with Crippen molar-refractivity contribution in [3.8, 4) is 0 Å². The van der Waals surface area contributed by atoms with Crippen molar-refractivity contribution in [1.82, 2.24) is 10.2 Å². The number of ether oxygens (including phenoxy) is 1. The largest absolute Gasteiger partial charge is 0.452 e. The molecule has 1 heterocycles. The molecule has 0 saturated carbocycles. The third kappa shape index (κ3) is 5.32. The van der Waals surface area contributed by atoms with E-state index < -0.39 is 30.3 Å². The fourth-order valence-electron chi connectivity index (χ4n) is 3.59. The fourth-order valence-corrected chi connectivity index (χ4v) is 3.72. The van der Waals surface area contributed by atoms with Crippen LogP contribution in [0.25, 0.3) is 0 Å². The van der Waals surface area contributed by atoms with E-state index in [0.29, 0.717) is 18.0 Å². The number of esters is 1. The molecule has 3 aromatic rings. The molecule has 0 spiro atoms. The lowest BCUT2D eigenvalue weighted by atomic mass is 10.1. The van der Waals surface area contributed by atoms with E-state index in [1.165, 1.54) is 18.2 Å². The molecule has 1 aliphatic rings. The Morgan fingerprint density at radius 1 is 0.853 bits per heavy atom. The first kappa shape index (κ1) is 23.2. The number of carbonyl (C=O) groups excluding carboxylic acids is 4. The Kier molecular flexibility index (Phi) is 7.04. The molecule has 3 amide bonds. The Morgan fingerprint density at radius 2 is 1.56 bits per heavy atom.